The lowest BCUT2D eigenvalue weighted by molar-refractivity contribution is 0.105. The number of rotatable bonds is 9. The van der Waals surface area contributed by atoms with Crippen LogP contribution in [0.25, 0.3) is 0 Å². The van der Waals surface area contributed by atoms with Gasteiger partial charge in [0.25, 0.3) is 0 Å². The van der Waals surface area contributed by atoms with Crippen molar-refractivity contribution in [1.82, 2.24) is 10.0 Å². The molecule has 0 bridgehead atoms. The first kappa shape index (κ1) is 22.8. The molecule has 174 valence electrons. The van der Waals surface area contributed by atoms with Crippen molar-refractivity contribution in [2.24, 2.45) is 0 Å². The minimum Gasteiger partial charge on any atom is -0.497 e. The monoisotopic (exact) mass is 463 g/mol. The molecule has 0 spiro atoms. The molecule has 2 N–H and O–H groups in total. The van der Waals surface area contributed by atoms with E-state index < -0.39 is 20.7 Å². The Morgan fingerprint density at radius 3 is 2.69 bits per heavy atom. The van der Waals surface area contributed by atoms with Gasteiger partial charge in [-0.3, -0.25) is 0 Å². The van der Waals surface area contributed by atoms with Gasteiger partial charge in [0, 0.05) is 31.7 Å². The van der Waals surface area contributed by atoms with Crippen molar-refractivity contribution in [3.8, 4) is 11.5 Å². The summed E-state index contributed by atoms with van der Waals surface area (Å²) in [5.74, 6) is 0.121. The van der Waals surface area contributed by atoms with Gasteiger partial charge in [-0.15, -0.1) is 0 Å². The first-order chi connectivity index (χ1) is 15.2. The summed E-state index contributed by atoms with van der Waals surface area (Å²) in [5, 5.41) is 3.54. The molecule has 0 atom stereocenters. The summed E-state index contributed by atoms with van der Waals surface area (Å²) in [7, 11) is -2.63. The minimum absolute atomic E-state index is 0.0219. The lowest BCUT2D eigenvalue weighted by atomic mass is 10.0. The van der Waals surface area contributed by atoms with Crippen LogP contribution in [0, 0.1) is 5.82 Å². The SMILES string of the molecule is COc1ccc(S(=O)(=O)NCc2ccc3c(c2)OC(C)(C)CN3CCNC2CC2)c(F)c1. The van der Waals surface area contributed by atoms with Crippen molar-refractivity contribution in [3.05, 3.63) is 47.8 Å². The normalized spacial score (nSPS) is 17.6. The van der Waals surface area contributed by atoms with E-state index in [0.29, 0.717) is 6.04 Å². The van der Waals surface area contributed by atoms with E-state index in [0.717, 1.165) is 42.7 Å². The van der Waals surface area contributed by atoms with E-state index in [-0.39, 0.29) is 17.9 Å². The smallest absolute Gasteiger partial charge is 0.243 e. The number of nitrogens with one attached hydrogen (secondary N) is 2. The zero-order valence-corrected chi connectivity index (χ0v) is 19.5. The number of benzene rings is 2. The molecule has 4 rings (SSSR count). The Morgan fingerprint density at radius 2 is 2.00 bits per heavy atom. The van der Waals surface area contributed by atoms with Crippen molar-refractivity contribution in [2.45, 2.75) is 49.8 Å². The standard InChI is InChI=1S/C23H30FN3O4S/c1-23(2)15-27(11-10-25-17-5-6-17)20-8-4-16(12-21(20)31-23)14-26-32(28,29)22-9-7-18(30-3)13-19(22)24/h4,7-9,12-13,17,25-26H,5-6,10-11,14-15H2,1-3H3. The number of anilines is 1. The molecule has 0 saturated heterocycles. The Hall–Kier alpha value is -2.36. The number of ether oxygens (including phenoxy) is 2. The van der Waals surface area contributed by atoms with Crippen LogP contribution in [0.15, 0.2) is 41.3 Å². The quantitative estimate of drug-likeness (QED) is 0.595. The van der Waals surface area contributed by atoms with E-state index in [1.165, 1.54) is 32.1 Å². The van der Waals surface area contributed by atoms with E-state index in [1.54, 1.807) is 0 Å². The van der Waals surface area contributed by atoms with Crippen LogP contribution in [0.5, 0.6) is 11.5 Å². The molecule has 2 aromatic carbocycles. The fraction of sp³-hybridized carbons (Fsp3) is 0.478. The van der Waals surface area contributed by atoms with Crippen molar-refractivity contribution in [2.75, 3.05) is 31.6 Å². The summed E-state index contributed by atoms with van der Waals surface area (Å²) in [6.07, 6.45) is 2.51. The molecule has 1 heterocycles. The van der Waals surface area contributed by atoms with Crippen LogP contribution < -0.4 is 24.4 Å². The second-order valence-corrected chi connectivity index (χ2v) is 10.7. The van der Waals surface area contributed by atoms with Gasteiger partial charge in [-0.05, 0) is 56.5 Å². The number of hydrogen-bond donors (Lipinski definition) is 2. The molecule has 32 heavy (non-hydrogen) atoms. The molecule has 2 aromatic rings. The number of nitrogens with zero attached hydrogens (tertiary/aromatic N) is 1. The van der Waals surface area contributed by atoms with Gasteiger partial charge in [0.15, 0.2) is 0 Å². The van der Waals surface area contributed by atoms with Crippen molar-refractivity contribution >= 4 is 15.7 Å². The Balaban J connectivity index is 1.47. The van der Waals surface area contributed by atoms with Crippen LogP contribution in [-0.2, 0) is 16.6 Å². The molecular formula is C23H30FN3O4S. The summed E-state index contributed by atoms with van der Waals surface area (Å²) in [6, 6.07) is 10.0. The van der Waals surface area contributed by atoms with Crippen LogP contribution in [0.2, 0.25) is 0 Å². The molecule has 0 unspecified atom stereocenters. The maximum Gasteiger partial charge on any atom is 0.243 e. The fourth-order valence-electron chi connectivity index (χ4n) is 3.86. The Bertz CT molecular complexity index is 1090. The van der Waals surface area contributed by atoms with Gasteiger partial charge < -0.3 is 19.7 Å². The van der Waals surface area contributed by atoms with Gasteiger partial charge in [-0.1, -0.05) is 6.07 Å². The molecule has 9 heteroatoms. The van der Waals surface area contributed by atoms with Crippen molar-refractivity contribution in [1.29, 1.82) is 0 Å². The molecule has 1 saturated carbocycles. The first-order valence-corrected chi connectivity index (χ1v) is 12.3. The van der Waals surface area contributed by atoms with Gasteiger partial charge in [-0.25, -0.2) is 17.5 Å². The lowest BCUT2D eigenvalue weighted by Gasteiger charge is -2.41. The molecule has 1 aliphatic carbocycles. The van der Waals surface area contributed by atoms with Crippen LogP contribution in [0.4, 0.5) is 10.1 Å². The third-order valence-electron chi connectivity index (χ3n) is 5.61. The summed E-state index contributed by atoms with van der Waals surface area (Å²) in [4.78, 5) is 1.89. The van der Waals surface area contributed by atoms with Gasteiger partial charge in [0.05, 0.1) is 19.3 Å². The van der Waals surface area contributed by atoms with E-state index >= 15 is 0 Å². The Labute approximate surface area is 189 Å². The van der Waals surface area contributed by atoms with Crippen LogP contribution in [0.3, 0.4) is 0 Å². The number of methoxy groups -OCH3 is 1. The van der Waals surface area contributed by atoms with Crippen LogP contribution in [-0.4, -0.2) is 46.8 Å². The topological polar surface area (TPSA) is 79.9 Å². The molecule has 0 aromatic heterocycles. The average Bonchev–Trinajstić information content (AvgIpc) is 3.55. The molecule has 0 radical (unpaired) electrons. The zero-order chi connectivity index (χ0) is 22.9. The third-order valence-corrected chi connectivity index (χ3v) is 7.04. The Morgan fingerprint density at radius 1 is 1.22 bits per heavy atom. The highest BCUT2D eigenvalue weighted by atomic mass is 32.2. The molecule has 1 aliphatic heterocycles. The zero-order valence-electron chi connectivity index (χ0n) is 18.7. The predicted molar refractivity (Wildman–Crippen MR) is 121 cm³/mol. The van der Waals surface area contributed by atoms with Crippen LogP contribution in [0.1, 0.15) is 32.3 Å². The maximum absolute atomic E-state index is 14.2. The fourth-order valence-corrected chi connectivity index (χ4v) is 4.93. The summed E-state index contributed by atoms with van der Waals surface area (Å²) >= 11 is 0. The second kappa shape index (κ2) is 8.88. The summed E-state index contributed by atoms with van der Waals surface area (Å²) in [6.45, 7) is 6.66. The number of halogens is 1. The molecule has 0 amide bonds. The maximum atomic E-state index is 14.2. The van der Waals surface area contributed by atoms with Gasteiger partial charge in [0.2, 0.25) is 10.0 Å². The van der Waals surface area contributed by atoms with Crippen LogP contribution >= 0.6 is 0 Å². The first-order valence-electron chi connectivity index (χ1n) is 10.8. The summed E-state index contributed by atoms with van der Waals surface area (Å²) in [5.41, 5.74) is 1.36. The highest BCUT2D eigenvalue weighted by Crippen LogP contribution is 2.37. The number of hydrogen-bond acceptors (Lipinski definition) is 6. The van der Waals surface area contributed by atoms with E-state index in [2.05, 4.69) is 14.9 Å². The molecule has 2 aliphatic rings. The Kier molecular flexibility index (Phi) is 6.33. The second-order valence-electron chi connectivity index (χ2n) is 8.93. The van der Waals surface area contributed by atoms with Crippen molar-refractivity contribution in [3.63, 3.8) is 0 Å². The highest BCUT2D eigenvalue weighted by molar-refractivity contribution is 7.89. The van der Waals surface area contributed by atoms with E-state index in [4.69, 9.17) is 9.47 Å². The number of sulfonamides is 1. The number of fused-ring (bicyclic) bond motifs is 1. The van der Waals surface area contributed by atoms with Gasteiger partial charge >= 0.3 is 0 Å². The van der Waals surface area contributed by atoms with E-state index in [1.807, 2.05) is 32.0 Å². The molecule has 7 nitrogen and oxygen atoms in total. The summed E-state index contributed by atoms with van der Waals surface area (Å²) < 4.78 is 53.0. The third kappa shape index (κ3) is 5.33. The minimum atomic E-state index is -4.02. The van der Waals surface area contributed by atoms with Gasteiger partial charge in [-0.2, -0.15) is 0 Å². The highest BCUT2D eigenvalue weighted by Gasteiger charge is 2.32. The largest absolute Gasteiger partial charge is 0.497 e. The lowest BCUT2D eigenvalue weighted by Crippen LogP contribution is -2.48. The van der Waals surface area contributed by atoms with E-state index in [9.17, 15) is 12.8 Å². The van der Waals surface area contributed by atoms with Crippen molar-refractivity contribution < 1.29 is 22.3 Å². The predicted octanol–water partition coefficient (Wildman–Crippen LogP) is 3.04. The molecule has 1 fully saturated rings. The molecular weight excluding hydrogens is 433 g/mol. The average molecular weight is 464 g/mol. The van der Waals surface area contributed by atoms with Gasteiger partial charge in [0.1, 0.15) is 27.8 Å².